The number of nitrogens with two attached hydrogens (primary N) is 1. The molecular weight excluding hydrogens is 581 g/mol. The third-order valence-electron chi connectivity index (χ3n) is 4.41. The molecule has 0 saturated heterocycles. The third kappa shape index (κ3) is 6.53. The molecule has 212 valence electrons. The van der Waals surface area contributed by atoms with Gasteiger partial charge < -0.3 is 10.5 Å². The van der Waals surface area contributed by atoms with E-state index in [0.717, 1.165) is 0 Å². The fourth-order valence-corrected chi connectivity index (χ4v) is 2.98. The van der Waals surface area contributed by atoms with Crippen molar-refractivity contribution >= 4 is 11.3 Å². The molecule has 0 radical (unpaired) electrons. The molecule has 0 bridgehead atoms. The van der Waals surface area contributed by atoms with Crippen LogP contribution in [0.3, 0.4) is 0 Å². The van der Waals surface area contributed by atoms with Crippen molar-refractivity contribution in [3.8, 4) is 11.5 Å². The highest BCUT2D eigenvalue weighted by atomic mass is 19.4. The van der Waals surface area contributed by atoms with Gasteiger partial charge in [-0.15, -0.1) is 0 Å². The summed E-state index contributed by atoms with van der Waals surface area (Å²) in [4.78, 5) is 0. The van der Waals surface area contributed by atoms with Crippen LogP contribution < -0.4 is 10.5 Å². The van der Waals surface area contributed by atoms with E-state index in [9.17, 15) is 74.6 Å². The second-order valence-electron chi connectivity index (χ2n) is 7.07. The quantitative estimate of drug-likeness (QED) is 0.287. The van der Waals surface area contributed by atoms with Crippen LogP contribution >= 0.6 is 0 Å². The zero-order valence-corrected chi connectivity index (χ0v) is 17.2. The van der Waals surface area contributed by atoms with Crippen LogP contribution in [0.4, 0.5) is 80.3 Å². The molecule has 2 aromatic carbocycles. The van der Waals surface area contributed by atoms with Gasteiger partial charge in [0.15, 0.2) is 5.75 Å². The van der Waals surface area contributed by atoms with Crippen molar-refractivity contribution in [1.82, 2.24) is 0 Å². The standard InChI is InChI=1S/C19H6F17NO/c20-14(21)12(19(34,35)36)6-3-8(16(25,26)27)11(4-7(6)15(22,23)24)38-13-9(17(28,29)30)1-5(37)2-10(13)18(31,32)33/h1-4H,37H2. The summed E-state index contributed by atoms with van der Waals surface area (Å²) in [5.41, 5.74) is -13.5. The van der Waals surface area contributed by atoms with Gasteiger partial charge in [0.2, 0.25) is 0 Å². The van der Waals surface area contributed by atoms with Gasteiger partial charge >= 0.3 is 30.9 Å². The average molecular weight is 587 g/mol. The number of benzene rings is 2. The van der Waals surface area contributed by atoms with E-state index in [-0.39, 0.29) is 12.1 Å². The van der Waals surface area contributed by atoms with Crippen molar-refractivity contribution in [3.63, 3.8) is 0 Å². The Balaban J connectivity index is 3.10. The minimum Gasteiger partial charge on any atom is -0.455 e. The summed E-state index contributed by atoms with van der Waals surface area (Å²) in [5.74, 6) is -5.07. The van der Waals surface area contributed by atoms with Gasteiger partial charge in [-0.2, -0.15) is 74.6 Å². The highest BCUT2D eigenvalue weighted by Gasteiger charge is 2.48. The number of nitrogen functional groups attached to an aromatic ring is 1. The van der Waals surface area contributed by atoms with Crippen LogP contribution in [0.2, 0.25) is 0 Å². The summed E-state index contributed by atoms with van der Waals surface area (Å²) in [7, 11) is 0. The lowest BCUT2D eigenvalue weighted by Gasteiger charge is -2.24. The topological polar surface area (TPSA) is 35.2 Å². The normalized spacial score (nSPS) is 13.5. The van der Waals surface area contributed by atoms with Crippen molar-refractivity contribution in [2.24, 2.45) is 0 Å². The minimum absolute atomic E-state index is 0.278. The van der Waals surface area contributed by atoms with Crippen molar-refractivity contribution < 1.29 is 79.4 Å². The van der Waals surface area contributed by atoms with Crippen LogP contribution in [0.5, 0.6) is 11.5 Å². The predicted molar refractivity (Wildman–Crippen MR) is 92.6 cm³/mol. The molecule has 0 heterocycles. The first-order valence-corrected chi connectivity index (χ1v) is 8.97. The predicted octanol–water partition coefficient (Wildman–Crippen LogP) is 9.31. The van der Waals surface area contributed by atoms with E-state index in [1.165, 1.54) is 0 Å². The second kappa shape index (κ2) is 9.40. The van der Waals surface area contributed by atoms with Crippen LogP contribution in [-0.4, -0.2) is 6.18 Å². The van der Waals surface area contributed by atoms with Gasteiger partial charge in [0.05, 0.1) is 11.1 Å². The van der Waals surface area contributed by atoms with E-state index < -0.39 is 99.7 Å². The second-order valence-corrected chi connectivity index (χ2v) is 7.07. The lowest BCUT2D eigenvalue weighted by Crippen LogP contribution is -2.20. The Kier molecular flexibility index (Phi) is 7.63. The molecule has 0 spiro atoms. The molecule has 0 aliphatic rings. The highest BCUT2D eigenvalue weighted by molar-refractivity contribution is 5.75. The molecule has 0 unspecified atom stereocenters. The highest BCUT2D eigenvalue weighted by Crippen LogP contribution is 2.52. The lowest BCUT2D eigenvalue weighted by atomic mass is 9.95. The van der Waals surface area contributed by atoms with E-state index in [2.05, 4.69) is 4.74 Å². The van der Waals surface area contributed by atoms with Gasteiger partial charge in [-0.05, 0) is 24.3 Å². The Bertz CT molecular complexity index is 1200. The van der Waals surface area contributed by atoms with Crippen molar-refractivity contribution in [1.29, 1.82) is 0 Å². The van der Waals surface area contributed by atoms with Crippen molar-refractivity contribution in [2.45, 2.75) is 30.9 Å². The molecule has 2 N–H and O–H groups in total. The van der Waals surface area contributed by atoms with E-state index in [4.69, 9.17) is 5.73 Å². The largest absolute Gasteiger partial charge is 0.455 e. The Morgan fingerprint density at radius 1 is 0.553 bits per heavy atom. The summed E-state index contributed by atoms with van der Waals surface area (Å²) in [6.07, 6.45) is -34.4. The zero-order chi connectivity index (χ0) is 29.8. The summed E-state index contributed by atoms with van der Waals surface area (Å²) >= 11 is 0. The maximum absolute atomic E-state index is 13.5. The zero-order valence-electron chi connectivity index (χ0n) is 17.2. The first kappa shape index (κ1) is 30.8. The summed E-state index contributed by atoms with van der Waals surface area (Å²) < 4.78 is 230. The minimum atomic E-state index is -6.39. The molecule has 2 nitrogen and oxygen atoms in total. The Morgan fingerprint density at radius 3 is 1.26 bits per heavy atom. The van der Waals surface area contributed by atoms with Crippen molar-refractivity contribution in [3.05, 3.63) is 58.2 Å². The first-order chi connectivity index (χ1) is 16.8. The number of halogens is 17. The van der Waals surface area contributed by atoms with Crippen LogP contribution in [0, 0.1) is 0 Å². The monoisotopic (exact) mass is 587 g/mol. The molecule has 2 rings (SSSR count). The molecule has 19 heteroatoms. The fourth-order valence-electron chi connectivity index (χ4n) is 2.98. The van der Waals surface area contributed by atoms with Gasteiger partial charge in [0, 0.05) is 11.3 Å². The van der Waals surface area contributed by atoms with Crippen LogP contribution in [0.15, 0.2) is 30.3 Å². The lowest BCUT2D eigenvalue weighted by molar-refractivity contribution is -0.146. The maximum atomic E-state index is 13.5. The molecule has 38 heavy (non-hydrogen) atoms. The number of anilines is 1. The Morgan fingerprint density at radius 2 is 0.947 bits per heavy atom. The number of hydrogen-bond donors (Lipinski definition) is 1. The van der Waals surface area contributed by atoms with Gasteiger partial charge in [0.25, 0.3) is 6.08 Å². The van der Waals surface area contributed by atoms with Gasteiger partial charge in [-0.25, -0.2) is 0 Å². The molecular formula is C19H6F17NO. The molecule has 0 saturated carbocycles. The summed E-state index contributed by atoms with van der Waals surface area (Å²) in [5, 5.41) is 0. The molecule has 0 atom stereocenters. The van der Waals surface area contributed by atoms with Gasteiger partial charge in [-0.3, -0.25) is 0 Å². The Hall–Kier alpha value is -3.41. The van der Waals surface area contributed by atoms with Gasteiger partial charge in [0.1, 0.15) is 22.4 Å². The van der Waals surface area contributed by atoms with Crippen LogP contribution in [-0.2, 0) is 24.7 Å². The van der Waals surface area contributed by atoms with E-state index in [1.807, 2.05) is 0 Å². The van der Waals surface area contributed by atoms with Crippen molar-refractivity contribution in [2.75, 3.05) is 5.73 Å². The molecule has 2 aromatic rings. The van der Waals surface area contributed by atoms with E-state index in [1.54, 1.807) is 0 Å². The van der Waals surface area contributed by atoms with E-state index in [0.29, 0.717) is 0 Å². The molecule has 0 fully saturated rings. The number of alkyl halides is 15. The first-order valence-electron chi connectivity index (χ1n) is 8.97. The number of allylic oxidation sites excluding steroid dienone is 1. The molecule has 0 aliphatic heterocycles. The van der Waals surface area contributed by atoms with E-state index >= 15 is 0 Å². The smallest absolute Gasteiger partial charge is 0.422 e. The van der Waals surface area contributed by atoms with Crippen LogP contribution in [0.1, 0.15) is 27.8 Å². The fraction of sp³-hybridized carbons (Fsp3) is 0.263. The van der Waals surface area contributed by atoms with Crippen LogP contribution in [0.25, 0.3) is 5.57 Å². The number of rotatable bonds is 3. The Labute approximate surface area is 198 Å². The SMILES string of the molecule is Nc1cc(C(F)(F)F)c(Oc2cc(C(F)(F)F)c(C(=C(F)F)C(F)(F)F)cc2C(F)(F)F)c(C(F)(F)F)c1. The maximum Gasteiger partial charge on any atom is 0.422 e. The summed E-state index contributed by atoms with van der Waals surface area (Å²) in [6, 6.07) is -2.82. The molecule has 0 amide bonds. The average Bonchev–Trinajstić information content (AvgIpc) is 2.64. The summed E-state index contributed by atoms with van der Waals surface area (Å²) in [6.45, 7) is 0. The number of hydrogen-bond acceptors (Lipinski definition) is 2. The molecule has 0 aromatic heterocycles. The third-order valence-corrected chi connectivity index (χ3v) is 4.41. The van der Waals surface area contributed by atoms with Gasteiger partial charge in [-0.1, -0.05) is 0 Å². The molecule has 0 aliphatic carbocycles. The number of ether oxygens (including phenoxy) is 1.